The van der Waals surface area contributed by atoms with Crippen LogP contribution in [0.25, 0.3) is 0 Å². The number of nitrogens with two attached hydrogens (primary N) is 1. The summed E-state index contributed by atoms with van der Waals surface area (Å²) >= 11 is 6.07. The average Bonchev–Trinajstić information content (AvgIpc) is 2.35. The molecule has 2 nitrogen and oxygen atoms in total. The highest BCUT2D eigenvalue weighted by Gasteiger charge is 2.22. The Morgan fingerprint density at radius 2 is 1.89 bits per heavy atom. The van der Waals surface area contributed by atoms with E-state index in [9.17, 15) is 4.39 Å². The molecule has 0 aliphatic carbocycles. The van der Waals surface area contributed by atoms with E-state index in [1.54, 1.807) is 24.5 Å². The normalized spacial score (nSPS) is 14.1. The van der Waals surface area contributed by atoms with E-state index in [0.717, 1.165) is 5.56 Å². The molecule has 0 radical (unpaired) electrons. The maximum absolute atomic E-state index is 13.6. The van der Waals surface area contributed by atoms with Gasteiger partial charge in [0.05, 0.1) is 5.02 Å². The van der Waals surface area contributed by atoms with Crippen molar-refractivity contribution in [3.63, 3.8) is 0 Å². The van der Waals surface area contributed by atoms with Gasteiger partial charge in [-0.2, -0.15) is 0 Å². The van der Waals surface area contributed by atoms with Crippen LogP contribution in [-0.4, -0.2) is 10.5 Å². The van der Waals surface area contributed by atoms with Gasteiger partial charge in [0, 0.05) is 17.9 Å². The van der Waals surface area contributed by atoms with E-state index in [-0.39, 0.29) is 5.82 Å². The van der Waals surface area contributed by atoms with Crippen molar-refractivity contribution in [2.75, 3.05) is 0 Å². The first-order valence-electron chi connectivity index (χ1n) is 6.09. The summed E-state index contributed by atoms with van der Waals surface area (Å²) in [5, 5.41) is 0.590. The zero-order valence-corrected chi connectivity index (χ0v) is 11.5. The summed E-state index contributed by atoms with van der Waals surface area (Å²) in [7, 11) is 0. The molecule has 1 aromatic heterocycles. The van der Waals surface area contributed by atoms with E-state index in [1.807, 2.05) is 19.1 Å². The van der Waals surface area contributed by atoms with Crippen LogP contribution in [0.15, 0.2) is 42.7 Å². The van der Waals surface area contributed by atoms with Crippen molar-refractivity contribution >= 4 is 11.6 Å². The molecule has 0 amide bonds. The van der Waals surface area contributed by atoms with Gasteiger partial charge in [-0.05, 0) is 43.0 Å². The maximum Gasteiger partial charge on any atom is 0.126 e. The maximum atomic E-state index is 13.6. The first kappa shape index (κ1) is 14.0. The van der Waals surface area contributed by atoms with Crippen molar-refractivity contribution in [1.29, 1.82) is 0 Å². The molecular formula is C15H16ClFN2. The fourth-order valence-corrected chi connectivity index (χ4v) is 2.31. The molecule has 1 unspecified atom stereocenters. The summed E-state index contributed by atoms with van der Waals surface area (Å²) < 4.78 is 13.6. The SMILES string of the molecule is CC(N)(Cc1ccccc1F)Cc1ccncc1Cl. The third-order valence-corrected chi connectivity index (χ3v) is 3.34. The van der Waals surface area contributed by atoms with Gasteiger partial charge in [-0.3, -0.25) is 4.98 Å². The Labute approximate surface area is 117 Å². The van der Waals surface area contributed by atoms with Crippen molar-refractivity contribution in [2.24, 2.45) is 5.73 Å². The van der Waals surface area contributed by atoms with Crippen LogP contribution in [0.4, 0.5) is 4.39 Å². The fraction of sp³-hybridized carbons (Fsp3) is 0.267. The van der Waals surface area contributed by atoms with E-state index in [4.69, 9.17) is 17.3 Å². The molecule has 2 rings (SSSR count). The predicted octanol–water partition coefficient (Wildman–Crippen LogP) is 3.38. The topological polar surface area (TPSA) is 38.9 Å². The van der Waals surface area contributed by atoms with Gasteiger partial charge < -0.3 is 5.73 Å². The molecule has 0 saturated heterocycles. The molecule has 1 atom stereocenters. The first-order valence-corrected chi connectivity index (χ1v) is 6.46. The van der Waals surface area contributed by atoms with Gasteiger partial charge in [0.25, 0.3) is 0 Å². The Morgan fingerprint density at radius 3 is 2.58 bits per heavy atom. The third kappa shape index (κ3) is 3.75. The van der Waals surface area contributed by atoms with E-state index in [2.05, 4.69) is 4.98 Å². The lowest BCUT2D eigenvalue weighted by Crippen LogP contribution is -2.41. The smallest absolute Gasteiger partial charge is 0.126 e. The summed E-state index contributed by atoms with van der Waals surface area (Å²) in [6.45, 7) is 1.90. The molecule has 2 N–H and O–H groups in total. The number of pyridine rings is 1. The van der Waals surface area contributed by atoms with Gasteiger partial charge in [-0.25, -0.2) is 4.39 Å². The van der Waals surface area contributed by atoms with Crippen LogP contribution in [0.3, 0.4) is 0 Å². The minimum Gasteiger partial charge on any atom is -0.325 e. The minimum atomic E-state index is -0.562. The molecule has 0 fully saturated rings. The lowest BCUT2D eigenvalue weighted by Gasteiger charge is -2.25. The van der Waals surface area contributed by atoms with Crippen LogP contribution < -0.4 is 5.73 Å². The van der Waals surface area contributed by atoms with E-state index >= 15 is 0 Å². The fourth-order valence-electron chi connectivity index (χ4n) is 2.12. The Morgan fingerprint density at radius 1 is 1.21 bits per heavy atom. The first-order chi connectivity index (χ1) is 8.98. The number of halogens is 2. The second-order valence-corrected chi connectivity index (χ2v) is 5.47. The molecule has 1 heterocycles. The highest BCUT2D eigenvalue weighted by Crippen LogP contribution is 2.22. The van der Waals surface area contributed by atoms with Crippen molar-refractivity contribution in [2.45, 2.75) is 25.3 Å². The predicted molar refractivity (Wildman–Crippen MR) is 75.6 cm³/mol. The number of nitrogens with zero attached hydrogens (tertiary/aromatic N) is 1. The molecule has 1 aromatic carbocycles. The van der Waals surface area contributed by atoms with Crippen LogP contribution in [0.5, 0.6) is 0 Å². The molecule has 0 aliphatic heterocycles. The largest absolute Gasteiger partial charge is 0.325 e. The standard InChI is InChI=1S/C15H16ClFN2/c1-15(18,8-11-6-7-19-10-13(11)16)9-12-4-2-3-5-14(12)17/h2-7,10H,8-9,18H2,1H3. The van der Waals surface area contributed by atoms with Crippen molar-refractivity contribution < 1.29 is 4.39 Å². The van der Waals surface area contributed by atoms with Crippen LogP contribution in [-0.2, 0) is 12.8 Å². The highest BCUT2D eigenvalue weighted by atomic mass is 35.5. The third-order valence-electron chi connectivity index (χ3n) is 3.00. The monoisotopic (exact) mass is 278 g/mol. The van der Waals surface area contributed by atoms with Crippen molar-refractivity contribution in [1.82, 2.24) is 4.98 Å². The summed E-state index contributed by atoms with van der Waals surface area (Å²) in [5.41, 5.74) is 7.26. The van der Waals surface area contributed by atoms with Gasteiger partial charge in [0.15, 0.2) is 0 Å². The lowest BCUT2D eigenvalue weighted by molar-refractivity contribution is 0.451. The minimum absolute atomic E-state index is 0.222. The molecule has 100 valence electrons. The second kappa shape index (κ2) is 5.68. The second-order valence-electron chi connectivity index (χ2n) is 5.07. The van der Waals surface area contributed by atoms with Gasteiger partial charge in [-0.15, -0.1) is 0 Å². The summed E-state index contributed by atoms with van der Waals surface area (Å²) in [5.74, 6) is -0.222. The average molecular weight is 279 g/mol. The molecular weight excluding hydrogens is 263 g/mol. The molecule has 0 spiro atoms. The van der Waals surface area contributed by atoms with E-state index < -0.39 is 5.54 Å². The zero-order chi connectivity index (χ0) is 13.9. The number of aromatic nitrogens is 1. The molecule has 4 heteroatoms. The summed E-state index contributed by atoms with van der Waals surface area (Å²) in [4.78, 5) is 3.94. The van der Waals surface area contributed by atoms with Crippen LogP contribution in [0, 0.1) is 5.82 Å². The Balaban J connectivity index is 2.15. The number of rotatable bonds is 4. The molecule has 0 bridgehead atoms. The lowest BCUT2D eigenvalue weighted by atomic mass is 9.87. The number of hydrogen-bond donors (Lipinski definition) is 1. The number of benzene rings is 1. The van der Waals surface area contributed by atoms with Gasteiger partial charge >= 0.3 is 0 Å². The summed E-state index contributed by atoms with van der Waals surface area (Å²) in [6, 6.07) is 8.54. The van der Waals surface area contributed by atoms with Crippen LogP contribution in [0.2, 0.25) is 5.02 Å². The van der Waals surface area contributed by atoms with Gasteiger partial charge in [0.2, 0.25) is 0 Å². The van der Waals surface area contributed by atoms with Gasteiger partial charge in [-0.1, -0.05) is 29.8 Å². The van der Waals surface area contributed by atoms with Crippen molar-refractivity contribution in [3.8, 4) is 0 Å². The van der Waals surface area contributed by atoms with E-state index in [0.29, 0.717) is 23.4 Å². The Bertz CT molecular complexity index is 520. The Hall–Kier alpha value is -1.45. The zero-order valence-electron chi connectivity index (χ0n) is 10.7. The van der Waals surface area contributed by atoms with Crippen LogP contribution in [0.1, 0.15) is 18.1 Å². The Kier molecular flexibility index (Phi) is 4.17. The quantitative estimate of drug-likeness (QED) is 0.931. The van der Waals surface area contributed by atoms with Crippen molar-refractivity contribution in [3.05, 3.63) is 64.7 Å². The molecule has 0 saturated carbocycles. The van der Waals surface area contributed by atoms with E-state index in [1.165, 1.54) is 6.07 Å². The summed E-state index contributed by atoms with van der Waals surface area (Å²) in [6.07, 6.45) is 4.30. The number of hydrogen-bond acceptors (Lipinski definition) is 2. The van der Waals surface area contributed by atoms with Crippen LogP contribution >= 0.6 is 11.6 Å². The molecule has 2 aromatic rings. The molecule has 0 aliphatic rings. The van der Waals surface area contributed by atoms with Gasteiger partial charge in [0.1, 0.15) is 5.82 Å². The highest BCUT2D eigenvalue weighted by molar-refractivity contribution is 6.31. The molecule has 19 heavy (non-hydrogen) atoms.